The van der Waals surface area contributed by atoms with Crippen molar-refractivity contribution in [3.05, 3.63) is 70.8 Å². The van der Waals surface area contributed by atoms with Crippen molar-refractivity contribution in [2.75, 3.05) is 0 Å². The number of fused-ring (bicyclic) bond motifs is 1. The first-order valence-corrected chi connectivity index (χ1v) is 6.99. The van der Waals surface area contributed by atoms with Crippen molar-refractivity contribution in [2.24, 2.45) is 5.73 Å². The van der Waals surface area contributed by atoms with Crippen LogP contribution in [0.25, 0.3) is 17.2 Å². The molecule has 1 aromatic heterocycles. The summed E-state index contributed by atoms with van der Waals surface area (Å²) in [5.74, 6) is -0.955. The number of primary amides is 1. The molecule has 1 heterocycles. The summed E-state index contributed by atoms with van der Waals surface area (Å²) in [6, 6.07) is 8.07. The smallest absolute Gasteiger partial charge is 0.267 e. The Morgan fingerprint density at radius 2 is 2.05 bits per heavy atom. The first kappa shape index (κ1) is 14.2. The number of amides is 1. The lowest BCUT2D eigenvalue weighted by atomic mass is 9.95. The molecule has 3 nitrogen and oxygen atoms in total. The van der Waals surface area contributed by atoms with E-state index < -0.39 is 5.91 Å². The van der Waals surface area contributed by atoms with Gasteiger partial charge in [0.05, 0.1) is 5.69 Å². The number of nitrogens with two attached hydrogens (primary N) is 1. The molecule has 22 heavy (non-hydrogen) atoms. The topological polar surface area (TPSA) is 56.0 Å². The molecule has 0 fully saturated rings. The van der Waals surface area contributed by atoms with E-state index in [1.165, 1.54) is 6.07 Å². The standard InChI is InChI=1S/C18H15FN2O/c1-11-5-4-7-13-14(12-6-2-3-8-15(12)19)10-17(18(20)22)21-16(13)9-11/h2-6,8-10H,7H2,1H3,(H2,20,22). The molecule has 0 bridgehead atoms. The number of halogens is 1. The molecule has 0 unspecified atom stereocenters. The summed E-state index contributed by atoms with van der Waals surface area (Å²) in [6.07, 6.45) is 6.50. The van der Waals surface area contributed by atoms with E-state index in [9.17, 15) is 9.18 Å². The zero-order valence-electron chi connectivity index (χ0n) is 12.1. The summed E-state index contributed by atoms with van der Waals surface area (Å²) in [6.45, 7) is 1.95. The van der Waals surface area contributed by atoms with Crippen molar-refractivity contribution in [1.82, 2.24) is 4.98 Å². The van der Waals surface area contributed by atoms with Crippen molar-refractivity contribution in [1.29, 1.82) is 0 Å². The van der Waals surface area contributed by atoms with Gasteiger partial charge in [-0.25, -0.2) is 9.37 Å². The molecule has 1 aromatic carbocycles. The minimum atomic E-state index is -0.622. The van der Waals surface area contributed by atoms with Crippen LogP contribution in [-0.2, 0) is 6.42 Å². The number of rotatable bonds is 2. The summed E-state index contributed by atoms with van der Waals surface area (Å²) in [5.41, 5.74) is 9.20. The lowest BCUT2D eigenvalue weighted by Gasteiger charge is -2.13. The van der Waals surface area contributed by atoms with E-state index in [-0.39, 0.29) is 11.5 Å². The normalized spacial score (nSPS) is 13.3. The highest BCUT2D eigenvalue weighted by Crippen LogP contribution is 2.31. The average molecular weight is 294 g/mol. The second kappa shape index (κ2) is 5.56. The minimum absolute atomic E-state index is 0.142. The molecule has 1 aliphatic carbocycles. The molecule has 1 aliphatic rings. The number of benzene rings is 1. The molecule has 0 aliphatic heterocycles. The fourth-order valence-corrected chi connectivity index (χ4v) is 2.60. The Bertz CT molecular complexity index is 822. The fourth-order valence-electron chi connectivity index (χ4n) is 2.60. The SMILES string of the molecule is CC1=Cc2nc(C(N)=O)cc(-c3ccccc3F)c2CC=C1. The maximum atomic E-state index is 14.2. The number of nitrogens with zero attached hydrogens (tertiary/aromatic N) is 1. The molecule has 2 aromatic rings. The van der Waals surface area contributed by atoms with Crippen molar-refractivity contribution < 1.29 is 9.18 Å². The van der Waals surface area contributed by atoms with Gasteiger partial charge in [-0.05, 0) is 48.3 Å². The van der Waals surface area contributed by atoms with E-state index in [2.05, 4.69) is 4.98 Å². The van der Waals surface area contributed by atoms with E-state index in [4.69, 9.17) is 5.73 Å². The van der Waals surface area contributed by atoms with E-state index >= 15 is 0 Å². The Labute approximate surface area is 128 Å². The zero-order valence-corrected chi connectivity index (χ0v) is 12.1. The largest absolute Gasteiger partial charge is 0.364 e. The molecule has 0 radical (unpaired) electrons. The van der Waals surface area contributed by atoms with Crippen LogP contribution < -0.4 is 5.73 Å². The summed E-state index contributed by atoms with van der Waals surface area (Å²) in [7, 11) is 0. The van der Waals surface area contributed by atoms with Gasteiger partial charge in [0.25, 0.3) is 5.91 Å². The lowest BCUT2D eigenvalue weighted by molar-refractivity contribution is 0.0995. The van der Waals surface area contributed by atoms with Gasteiger partial charge in [-0.15, -0.1) is 0 Å². The Balaban J connectivity index is 2.32. The van der Waals surface area contributed by atoms with Crippen molar-refractivity contribution in [2.45, 2.75) is 13.3 Å². The highest BCUT2D eigenvalue weighted by atomic mass is 19.1. The summed E-state index contributed by atoms with van der Waals surface area (Å²) in [5, 5.41) is 0. The van der Waals surface area contributed by atoms with E-state index in [0.29, 0.717) is 23.2 Å². The molecule has 3 rings (SSSR count). The Kier molecular flexibility index (Phi) is 3.59. The van der Waals surface area contributed by atoms with Gasteiger partial charge in [0.1, 0.15) is 11.5 Å². The highest BCUT2D eigenvalue weighted by Gasteiger charge is 2.17. The van der Waals surface area contributed by atoms with Gasteiger partial charge >= 0.3 is 0 Å². The van der Waals surface area contributed by atoms with Gasteiger partial charge in [-0.1, -0.05) is 30.4 Å². The van der Waals surface area contributed by atoms with Crippen molar-refractivity contribution >= 4 is 12.0 Å². The third-order valence-corrected chi connectivity index (χ3v) is 3.64. The maximum Gasteiger partial charge on any atom is 0.267 e. The van der Waals surface area contributed by atoms with Crippen LogP contribution in [0, 0.1) is 5.82 Å². The quantitative estimate of drug-likeness (QED) is 0.921. The lowest BCUT2D eigenvalue weighted by Crippen LogP contribution is -2.15. The van der Waals surface area contributed by atoms with Crippen LogP contribution in [0.3, 0.4) is 0 Å². The minimum Gasteiger partial charge on any atom is -0.364 e. The number of hydrogen-bond donors (Lipinski definition) is 1. The summed E-state index contributed by atoms with van der Waals surface area (Å²) < 4.78 is 14.2. The fraction of sp³-hybridized carbons (Fsp3) is 0.111. The van der Waals surface area contributed by atoms with Crippen molar-refractivity contribution in [3.8, 4) is 11.1 Å². The van der Waals surface area contributed by atoms with Crippen LogP contribution >= 0.6 is 0 Å². The molecular formula is C18H15FN2O. The van der Waals surface area contributed by atoms with E-state index in [0.717, 1.165) is 11.1 Å². The number of allylic oxidation sites excluding steroid dienone is 3. The molecule has 0 saturated carbocycles. The Hall–Kier alpha value is -2.75. The van der Waals surface area contributed by atoms with Crippen LogP contribution in [-0.4, -0.2) is 10.9 Å². The number of hydrogen-bond acceptors (Lipinski definition) is 2. The molecule has 0 atom stereocenters. The molecule has 4 heteroatoms. The predicted molar refractivity (Wildman–Crippen MR) is 84.6 cm³/mol. The number of carbonyl (C=O) groups is 1. The second-order valence-electron chi connectivity index (χ2n) is 5.26. The molecular weight excluding hydrogens is 279 g/mol. The number of aromatic nitrogens is 1. The molecule has 1 amide bonds. The van der Waals surface area contributed by atoms with Gasteiger partial charge < -0.3 is 5.73 Å². The van der Waals surface area contributed by atoms with Gasteiger partial charge in [0.15, 0.2) is 0 Å². The zero-order chi connectivity index (χ0) is 15.7. The van der Waals surface area contributed by atoms with E-state index in [1.54, 1.807) is 24.3 Å². The van der Waals surface area contributed by atoms with Crippen LogP contribution in [0.5, 0.6) is 0 Å². The van der Waals surface area contributed by atoms with Gasteiger partial charge in [-0.3, -0.25) is 4.79 Å². The summed E-state index contributed by atoms with van der Waals surface area (Å²) >= 11 is 0. The molecule has 110 valence electrons. The Morgan fingerprint density at radius 3 is 2.77 bits per heavy atom. The molecule has 2 N–H and O–H groups in total. The van der Waals surface area contributed by atoms with E-state index in [1.807, 2.05) is 25.2 Å². The first-order valence-electron chi connectivity index (χ1n) is 6.99. The summed E-state index contributed by atoms with van der Waals surface area (Å²) in [4.78, 5) is 15.9. The third kappa shape index (κ3) is 2.55. The first-order chi connectivity index (χ1) is 10.6. The third-order valence-electron chi connectivity index (χ3n) is 3.64. The van der Waals surface area contributed by atoms with Crippen molar-refractivity contribution in [3.63, 3.8) is 0 Å². The molecule has 0 spiro atoms. The average Bonchev–Trinajstić information content (AvgIpc) is 2.67. The van der Waals surface area contributed by atoms with Gasteiger partial charge in [0, 0.05) is 5.56 Å². The van der Waals surface area contributed by atoms with Crippen LogP contribution in [0.1, 0.15) is 28.7 Å². The highest BCUT2D eigenvalue weighted by molar-refractivity contribution is 5.93. The maximum absolute atomic E-state index is 14.2. The van der Waals surface area contributed by atoms with Gasteiger partial charge in [-0.2, -0.15) is 0 Å². The second-order valence-corrected chi connectivity index (χ2v) is 5.26. The molecule has 0 saturated heterocycles. The number of pyridine rings is 1. The van der Waals surface area contributed by atoms with Crippen LogP contribution in [0.4, 0.5) is 4.39 Å². The van der Waals surface area contributed by atoms with Crippen LogP contribution in [0.2, 0.25) is 0 Å². The predicted octanol–water partition coefficient (Wildman–Crippen LogP) is 3.50. The monoisotopic (exact) mass is 294 g/mol. The van der Waals surface area contributed by atoms with Crippen LogP contribution in [0.15, 0.2) is 48.1 Å². The van der Waals surface area contributed by atoms with Gasteiger partial charge in [0.2, 0.25) is 0 Å². The Morgan fingerprint density at radius 1 is 1.27 bits per heavy atom. The number of carbonyl (C=O) groups excluding carboxylic acids is 1.